The van der Waals surface area contributed by atoms with E-state index in [-0.39, 0.29) is 6.79 Å². The summed E-state index contributed by atoms with van der Waals surface area (Å²) in [5, 5.41) is 11.8. The van der Waals surface area contributed by atoms with Crippen molar-refractivity contribution in [2.75, 3.05) is 20.5 Å². The zero-order chi connectivity index (χ0) is 25.9. The molecule has 2 aromatic heterocycles. The van der Waals surface area contributed by atoms with Gasteiger partial charge in [-0.25, -0.2) is 4.98 Å². The van der Waals surface area contributed by atoms with Crippen LogP contribution in [0.4, 0.5) is 0 Å². The second kappa shape index (κ2) is 11.0. The Bertz CT molecular complexity index is 1590. The lowest BCUT2D eigenvalue weighted by Crippen LogP contribution is -2.06. The first-order valence-electron chi connectivity index (χ1n) is 12.3. The zero-order valence-corrected chi connectivity index (χ0v) is 22.3. The van der Waals surface area contributed by atoms with Crippen LogP contribution in [0.1, 0.15) is 12.0 Å². The van der Waals surface area contributed by atoms with Gasteiger partial charge in [-0.15, -0.1) is 10.2 Å². The molecule has 0 spiro atoms. The van der Waals surface area contributed by atoms with Gasteiger partial charge in [0.25, 0.3) is 0 Å². The number of benzene rings is 3. The van der Waals surface area contributed by atoms with Gasteiger partial charge >= 0.3 is 0 Å². The summed E-state index contributed by atoms with van der Waals surface area (Å²) >= 11 is 8.13. The Kier molecular flexibility index (Phi) is 7.18. The van der Waals surface area contributed by atoms with Crippen LogP contribution in [0.15, 0.2) is 78.0 Å². The number of methoxy groups -OCH3 is 1. The van der Waals surface area contributed by atoms with Crippen molar-refractivity contribution in [3.05, 3.63) is 83.4 Å². The van der Waals surface area contributed by atoms with Crippen molar-refractivity contribution in [1.82, 2.24) is 19.7 Å². The van der Waals surface area contributed by atoms with E-state index >= 15 is 0 Å². The summed E-state index contributed by atoms with van der Waals surface area (Å²) in [6.07, 6.45) is 0.828. The first kappa shape index (κ1) is 24.7. The van der Waals surface area contributed by atoms with E-state index in [1.54, 1.807) is 18.9 Å². The summed E-state index contributed by atoms with van der Waals surface area (Å²) in [6, 6.07) is 24.2. The molecule has 1 aliphatic heterocycles. The third-order valence-corrected chi connectivity index (χ3v) is 7.74. The van der Waals surface area contributed by atoms with Gasteiger partial charge in [0.05, 0.1) is 11.2 Å². The number of fused-ring (bicyclic) bond motifs is 2. The Morgan fingerprint density at radius 1 is 0.974 bits per heavy atom. The molecule has 9 heteroatoms. The smallest absolute Gasteiger partial charge is 0.231 e. The van der Waals surface area contributed by atoms with Crippen molar-refractivity contribution in [3.8, 4) is 34.1 Å². The maximum Gasteiger partial charge on any atom is 0.231 e. The molecular weight excluding hydrogens is 520 g/mol. The van der Waals surface area contributed by atoms with E-state index < -0.39 is 0 Å². The molecule has 0 aliphatic carbocycles. The molecule has 3 aromatic carbocycles. The minimum Gasteiger partial charge on any atom is -0.454 e. The largest absolute Gasteiger partial charge is 0.454 e. The van der Waals surface area contributed by atoms with E-state index in [4.69, 9.17) is 30.8 Å². The molecular formula is C29H25ClN4O3S. The van der Waals surface area contributed by atoms with Crippen LogP contribution < -0.4 is 9.47 Å². The highest BCUT2D eigenvalue weighted by atomic mass is 35.5. The molecule has 38 heavy (non-hydrogen) atoms. The van der Waals surface area contributed by atoms with Crippen molar-refractivity contribution in [2.45, 2.75) is 23.9 Å². The van der Waals surface area contributed by atoms with Gasteiger partial charge in [0.1, 0.15) is 0 Å². The number of aromatic nitrogens is 4. The Morgan fingerprint density at radius 3 is 2.61 bits per heavy atom. The molecule has 5 aromatic rings. The lowest BCUT2D eigenvalue weighted by Gasteiger charge is -2.13. The van der Waals surface area contributed by atoms with Crippen molar-refractivity contribution in [3.63, 3.8) is 0 Å². The van der Waals surface area contributed by atoms with E-state index in [1.165, 1.54) is 0 Å². The average Bonchev–Trinajstić information content (AvgIpc) is 3.58. The molecule has 1 aliphatic rings. The van der Waals surface area contributed by atoms with Gasteiger partial charge in [-0.1, -0.05) is 71.9 Å². The third-order valence-electron chi connectivity index (χ3n) is 6.37. The lowest BCUT2D eigenvalue weighted by atomic mass is 10.0. The predicted molar refractivity (Wildman–Crippen MR) is 150 cm³/mol. The fraction of sp³-hybridized carbons (Fsp3) is 0.207. The summed E-state index contributed by atoms with van der Waals surface area (Å²) in [5.41, 5.74) is 4.81. The minimum atomic E-state index is 0.213. The maximum absolute atomic E-state index is 6.54. The number of hydrogen-bond acceptors (Lipinski definition) is 7. The number of thioether (sulfide) groups is 1. The van der Waals surface area contributed by atoms with Gasteiger partial charge in [-0.3, -0.25) is 0 Å². The highest BCUT2D eigenvalue weighted by Gasteiger charge is 2.20. The first-order valence-corrected chi connectivity index (χ1v) is 13.7. The molecule has 0 atom stereocenters. The molecule has 0 radical (unpaired) electrons. The average molecular weight is 545 g/mol. The fourth-order valence-electron chi connectivity index (χ4n) is 4.49. The van der Waals surface area contributed by atoms with Crippen LogP contribution >= 0.6 is 23.4 Å². The van der Waals surface area contributed by atoms with E-state index in [2.05, 4.69) is 39.0 Å². The van der Waals surface area contributed by atoms with Gasteiger partial charge in [0.2, 0.25) is 6.79 Å². The van der Waals surface area contributed by atoms with Crippen molar-refractivity contribution < 1.29 is 14.2 Å². The number of para-hydroxylation sites is 1. The SMILES string of the molecule is COCCCn1c(SCc2cc3c(cc2Cl)OCO3)nnc1-c1cc(-c2ccccc2)nc2ccccc12. The summed E-state index contributed by atoms with van der Waals surface area (Å²) in [5.74, 6) is 2.80. The van der Waals surface area contributed by atoms with Gasteiger partial charge in [-0.05, 0) is 30.2 Å². The molecule has 0 saturated carbocycles. The van der Waals surface area contributed by atoms with Crippen LogP contribution in [0.3, 0.4) is 0 Å². The van der Waals surface area contributed by atoms with Gasteiger partial charge in [0, 0.05) is 53.6 Å². The monoisotopic (exact) mass is 544 g/mol. The topological polar surface area (TPSA) is 71.3 Å². The molecule has 0 N–H and O–H groups in total. The quantitative estimate of drug-likeness (QED) is 0.148. The normalized spacial score (nSPS) is 12.4. The fourth-order valence-corrected chi connectivity index (χ4v) is 5.75. The molecule has 3 heterocycles. The highest BCUT2D eigenvalue weighted by Crippen LogP contribution is 2.39. The molecule has 0 amide bonds. The Hall–Kier alpha value is -3.59. The Balaban J connectivity index is 1.40. The maximum atomic E-state index is 6.54. The summed E-state index contributed by atoms with van der Waals surface area (Å²) in [6.45, 7) is 1.57. The number of rotatable bonds is 9. The third kappa shape index (κ3) is 4.95. The zero-order valence-electron chi connectivity index (χ0n) is 20.8. The van der Waals surface area contributed by atoms with E-state index in [9.17, 15) is 0 Å². The number of ether oxygens (including phenoxy) is 3. The lowest BCUT2D eigenvalue weighted by molar-refractivity contribution is 0.174. The second-order valence-electron chi connectivity index (χ2n) is 8.83. The van der Waals surface area contributed by atoms with Crippen molar-refractivity contribution in [2.24, 2.45) is 0 Å². The van der Waals surface area contributed by atoms with Crippen molar-refractivity contribution in [1.29, 1.82) is 0 Å². The van der Waals surface area contributed by atoms with Gasteiger partial charge in [-0.2, -0.15) is 0 Å². The van der Waals surface area contributed by atoms with Crippen LogP contribution in [0.5, 0.6) is 11.5 Å². The molecule has 6 rings (SSSR count). The highest BCUT2D eigenvalue weighted by molar-refractivity contribution is 7.98. The second-order valence-corrected chi connectivity index (χ2v) is 10.2. The standard InChI is InChI=1S/C29H25ClN4O3S/c1-35-13-7-12-34-28(32-33-29(34)38-17-20-14-26-27(16-23(20)30)37-18-36-26)22-15-25(19-8-3-2-4-9-19)31-24-11-6-5-10-21(22)24/h2-6,8-11,14-16H,7,12-13,17-18H2,1H3. The van der Waals surface area contributed by atoms with Crippen LogP contribution in [0, 0.1) is 0 Å². The number of hydrogen-bond donors (Lipinski definition) is 0. The summed E-state index contributed by atoms with van der Waals surface area (Å²) in [4.78, 5) is 4.94. The molecule has 0 saturated heterocycles. The van der Waals surface area contributed by atoms with Gasteiger partial charge < -0.3 is 18.8 Å². The molecule has 0 fully saturated rings. The van der Waals surface area contributed by atoms with Crippen LogP contribution in [0.25, 0.3) is 33.5 Å². The Labute approximate surface area is 229 Å². The van der Waals surface area contributed by atoms with E-state index in [0.717, 1.165) is 50.7 Å². The minimum absolute atomic E-state index is 0.213. The summed E-state index contributed by atoms with van der Waals surface area (Å²) < 4.78 is 18.5. The van der Waals surface area contributed by atoms with Crippen LogP contribution in [-0.2, 0) is 17.0 Å². The molecule has 0 unspecified atom stereocenters. The Morgan fingerprint density at radius 2 is 1.76 bits per heavy atom. The van der Waals surface area contributed by atoms with Crippen LogP contribution in [-0.4, -0.2) is 40.3 Å². The molecule has 7 nitrogen and oxygen atoms in total. The molecule has 192 valence electrons. The van der Waals surface area contributed by atoms with Gasteiger partial charge in [0.15, 0.2) is 22.5 Å². The predicted octanol–water partition coefficient (Wildman–Crippen LogP) is 6.87. The van der Waals surface area contributed by atoms with Crippen molar-refractivity contribution >= 4 is 34.3 Å². The van der Waals surface area contributed by atoms with E-state index in [1.807, 2.05) is 48.5 Å². The van der Waals surface area contributed by atoms with E-state index in [0.29, 0.717) is 35.4 Å². The number of halogens is 1. The number of nitrogens with zero attached hydrogens (tertiary/aromatic N) is 4. The molecule has 0 bridgehead atoms. The summed E-state index contributed by atoms with van der Waals surface area (Å²) in [7, 11) is 1.72. The first-order chi connectivity index (χ1) is 18.7. The van der Waals surface area contributed by atoms with Crippen LogP contribution in [0.2, 0.25) is 5.02 Å². The number of pyridine rings is 1.